The first-order valence-electron chi connectivity index (χ1n) is 10.4. The quantitative estimate of drug-likeness (QED) is 0.592. The van der Waals surface area contributed by atoms with E-state index < -0.39 is 26.6 Å². The summed E-state index contributed by atoms with van der Waals surface area (Å²) in [6, 6.07) is 5.78. The van der Waals surface area contributed by atoms with Crippen LogP contribution in [0, 0.1) is 0 Å². The molecule has 0 aromatic heterocycles. The summed E-state index contributed by atoms with van der Waals surface area (Å²) in [6.45, 7) is 22.0. The molecule has 0 aliphatic carbocycles. The fourth-order valence-corrected chi connectivity index (χ4v) is 4.27. The molecule has 1 aromatic carbocycles. The molecule has 164 valence electrons. The number of hydrogen-bond donors (Lipinski definition) is 0. The molecule has 0 saturated carbocycles. The second kappa shape index (κ2) is 8.25. The smallest absolute Gasteiger partial charge is 0.495 e. The second-order valence-electron chi connectivity index (χ2n) is 10.5. The Morgan fingerprint density at radius 3 is 2.00 bits per heavy atom. The van der Waals surface area contributed by atoms with Crippen molar-refractivity contribution in [2.24, 2.45) is 0 Å². The van der Waals surface area contributed by atoms with Gasteiger partial charge in [-0.05, 0) is 70.3 Å². The van der Waals surface area contributed by atoms with Crippen LogP contribution in [0.2, 0.25) is 18.1 Å². The summed E-state index contributed by atoms with van der Waals surface area (Å²) >= 11 is 0. The van der Waals surface area contributed by atoms with Crippen molar-refractivity contribution in [3.8, 4) is 11.5 Å². The van der Waals surface area contributed by atoms with Crippen LogP contribution in [0.25, 0.3) is 0 Å². The molecule has 1 atom stereocenters. The van der Waals surface area contributed by atoms with Gasteiger partial charge in [0.15, 0.2) is 8.32 Å². The molecule has 5 nitrogen and oxygen atoms in total. The molecule has 1 heterocycles. The normalized spacial score (nSPS) is 19.9. The van der Waals surface area contributed by atoms with Gasteiger partial charge in [0.25, 0.3) is 0 Å². The third-order valence-electron chi connectivity index (χ3n) is 6.45. The van der Waals surface area contributed by atoms with E-state index in [1.165, 1.54) is 0 Å². The van der Waals surface area contributed by atoms with E-state index >= 15 is 0 Å². The van der Waals surface area contributed by atoms with Crippen LogP contribution in [-0.4, -0.2) is 46.5 Å². The average molecular weight is 422 g/mol. The summed E-state index contributed by atoms with van der Waals surface area (Å²) < 4.78 is 30.3. The predicted molar refractivity (Wildman–Crippen MR) is 122 cm³/mol. The Labute approximate surface area is 178 Å². The standard InChI is InChI=1S/C22H39BO5Si/c1-16(26-29(10,11)20(2,3)4)15-25-19-13-17(12-18(14-19)24-9)23-27-21(5,6)22(7,8)28-23/h12-14,16H,15H2,1-11H3. The highest BCUT2D eigenvalue weighted by atomic mass is 28.4. The SMILES string of the molecule is COc1cc(OCC(C)O[Si](C)(C)C(C)(C)C)cc(B2OC(C)(C)C(C)(C)O2)c1. The lowest BCUT2D eigenvalue weighted by Gasteiger charge is -2.38. The molecule has 1 fully saturated rings. The van der Waals surface area contributed by atoms with Crippen molar-refractivity contribution < 1.29 is 23.2 Å². The molecule has 1 aliphatic heterocycles. The maximum atomic E-state index is 6.40. The molecule has 1 saturated heterocycles. The molecule has 0 bridgehead atoms. The predicted octanol–water partition coefficient (Wildman–Crippen LogP) is 4.78. The van der Waals surface area contributed by atoms with Crippen molar-refractivity contribution in [2.45, 2.75) is 90.8 Å². The van der Waals surface area contributed by atoms with Gasteiger partial charge in [-0.1, -0.05) is 20.8 Å². The van der Waals surface area contributed by atoms with Crippen molar-refractivity contribution in [3.05, 3.63) is 18.2 Å². The van der Waals surface area contributed by atoms with Gasteiger partial charge < -0.3 is 23.2 Å². The van der Waals surface area contributed by atoms with Gasteiger partial charge in [-0.2, -0.15) is 0 Å². The van der Waals surface area contributed by atoms with Crippen LogP contribution in [-0.2, 0) is 13.7 Å². The van der Waals surface area contributed by atoms with E-state index in [1.54, 1.807) is 7.11 Å². The van der Waals surface area contributed by atoms with Crippen LogP contribution in [0.3, 0.4) is 0 Å². The molecule has 1 aliphatic rings. The Hall–Kier alpha value is -1.02. The summed E-state index contributed by atoms with van der Waals surface area (Å²) in [7, 11) is -0.644. The minimum absolute atomic E-state index is 0.00221. The topological polar surface area (TPSA) is 46.2 Å². The summed E-state index contributed by atoms with van der Waals surface area (Å²) in [4.78, 5) is 0. The molecule has 0 spiro atoms. The Morgan fingerprint density at radius 1 is 1.00 bits per heavy atom. The summed E-state index contributed by atoms with van der Waals surface area (Å²) in [5, 5.41) is 0.168. The van der Waals surface area contributed by atoms with Gasteiger partial charge in [0.05, 0.1) is 24.4 Å². The highest BCUT2D eigenvalue weighted by Crippen LogP contribution is 2.38. The lowest BCUT2D eigenvalue weighted by molar-refractivity contribution is 0.00578. The van der Waals surface area contributed by atoms with Crippen LogP contribution < -0.4 is 14.9 Å². The second-order valence-corrected chi connectivity index (χ2v) is 15.3. The summed E-state index contributed by atoms with van der Waals surface area (Å²) in [5.74, 6) is 1.44. The largest absolute Gasteiger partial charge is 0.497 e. The maximum absolute atomic E-state index is 6.40. The fourth-order valence-electron chi connectivity index (χ4n) is 2.84. The van der Waals surface area contributed by atoms with Gasteiger partial charge in [0.2, 0.25) is 0 Å². The monoisotopic (exact) mass is 422 g/mol. The molecule has 0 amide bonds. The molecule has 7 heteroatoms. The fraction of sp³-hybridized carbons (Fsp3) is 0.727. The summed E-state index contributed by atoms with van der Waals surface area (Å²) in [5.41, 5.74) is 0.0941. The van der Waals surface area contributed by atoms with Crippen molar-refractivity contribution in [1.82, 2.24) is 0 Å². The number of benzene rings is 1. The minimum atomic E-state index is -1.83. The van der Waals surface area contributed by atoms with Gasteiger partial charge in [0.1, 0.15) is 18.1 Å². The first-order valence-corrected chi connectivity index (χ1v) is 13.3. The zero-order valence-electron chi connectivity index (χ0n) is 20.1. The first-order chi connectivity index (χ1) is 13.1. The van der Waals surface area contributed by atoms with Crippen molar-refractivity contribution in [3.63, 3.8) is 0 Å². The van der Waals surface area contributed by atoms with Gasteiger partial charge in [-0.15, -0.1) is 0 Å². The Morgan fingerprint density at radius 2 is 1.52 bits per heavy atom. The molecule has 0 radical (unpaired) electrons. The lowest BCUT2D eigenvalue weighted by Crippen LogP contribution is -2.44. The highest BCUT2D eigenvalue weighted by molar-refractivity contribution is 6.74. The number of hydrogen-bond acceptors (Lipinski definition) is 5. The minimum Gasteiger partial charge on any atom is -0.497 e. The van der Waals surface area contributed by atoms with E-state index in [0.29, 0.717) is 12.4 Å². The molecular weight excluding hydrogens is 383 g/mol. The van der Waals surface area contributed by atoms with E-state index in [4.69, 9.17) is 23.2 Å². The number of rotatable bonds is 7. The number of methoxy groups -OCH3 is 1. The van der Waals surface area contributed by atoms with E-state index in [9.17, 15) is 0 Å². The number of ether oxygens (including phenoxy) is 2. The Bertz CT molecular complexity index is 696. The third kappa shape index (κ3) is 5.57. The maximum Gasteiger partial charge on any atom is 0.495 e. The average Bonchev–Trinajstić information content (AvgIpc) is 2.79. The van der Waals surface area contributed by atoms with Crippen molar-refractivity contribution in [1.29, 1.82) is 0 Å². The van der Waals surface area contributed by atoms with E-state index in [2.05, 4.69) is 40.8 Å². The van der Waals surface area contributed by atoms with E-state index in [0.717, 1.165) is 11.2 Å². The van der Waals surface area contributed by atoms with Crippen LogP contribution in [0.4, 0.5) is 0 Å². The van der Waals surface area contributed by atoms with Crippen molar-refractivity contribution >= 4 is 20.9 Å². The van der Waals surface area contributed by atoms with Gasteiger partial charge in [-0.3, -0.25) is 0 Å². The zero-order valence-corrected chi connectivity index (χ0v) is 21.1. The Balaban J connectivity index is 2.12. The zero-order chi connectivity index (χ0) is 22.3. The highest BCUT2D eigenvalue weighted by Gasteiger charge is 2.51. The molecule has 0 N–H and O–H groups in total. The van der Waals surface area contributed by atoms with Gasteiger partial charge in [0, 0.05) is 6.07 Å². The van der Waals surface area contributed by atoms with E-state index in [1.807, 2.05) is 45.9 Å². The van der Waals surface area contributed by atoms with Crippen LogP contribution >= 0.6 is 0 Å². The summed E-state index contributed by atoms with van der Waals surface area (Å²) in [6.07, 6.45) is 0.00221. The van der Waals surface area contributed by atoms with Gasteiger partial charge >= 0.3 is 7.12 Å². The third-order valence-corrected chi connectivity index (χ3v) is 11.1. The van der Waals surface area contributed by atoms with Crippen LogP contribution in [0.15, 0.2) is 18.2 Å². The lowest BCUT2D eigenvalue weighted by atomic mass is 9.79. The van der Waals surface area contributed by atoms with Crippen molar-refractivity contribution in [2.75, 3.05) is 13.7 Å². The van der Waals surface area contributed by atoms with Crippen LogP contribution in [0.1, 0.15) is 55.4 Å². The van der Waals surface area contributed by atoms with Gasteiger partial charge in [-0.25, -0.2) is 0 Å². The molecule has 1 aromatic rings. The molecule has 29 heavy (non-hydrogen) atoms. The molecule has 1 unspecified atom stereocenters. The molecule has 2 rings (SSSR count). The van der Waals surface area contributed by atoms with E-state index in [-0.39, 0.29) is 11.1 Å². The van der Waals surface area contributed by atoms with Crippen LogP contribution in [0.5, 0.6) is 11.5 Å². The molecular formula is C22H39BO5Si. The first kappa shape index (κ1) is 24.3. The Kier molecular flexibility index (Phi) is 6.90.